The van der Waals surface area contributed by atoms with Crippen LogP contribution < -0.4 is 0 Å². The quantitative estimate of drug-likeness (QED) is 0.347. The van der Waals surface area contributed by atoms with Gasteiger partial charge in [0.2, 0.25) is 6.10 Å². The van der Waals surface area contributed by atoms with Crippen LogP contribution in [0.1, 0.15) is 6.42 Å². The van der Waals surface area contributed by atoms with Gasteiger partial charge in [-0.2, -0.15) is 5.26 Å². The second kappa shape index (κ2) is 2.31. The highest BCUT2D eigenvalue weighted by molar-refractivity contribution is 5.75. The first kappa shape index (κ1) is 6.48. The van der Waals surface area contributed by atoms with Gasteiger partial charge in [-0.1, -0.05) is 0 Å². The number of oxime groups is 1. The summed E-state index contributed by atoms with van der Waals surface area (Å²) >= 11 is 0. The van der Waals surface area contributed by atoms with Crippen molar-refractivity contribution >= 4 is 5.84 Å². The molecule has 0 aliphatic carbocycles. The molecule has 1 rings (SSSR count). The minimum atomic E-state index is -0.777. The van der Waals surface area contributed by atoms with Gasteiger partial charge >= 0.3 is 5.84 Å². The highest BCUT2D eigenvalue weighted by Crippen LogP contribution is 2.08. The van der Waals surface area contributed by atoms with Gasteiger partial charge in [-0.05, 0) is 4.92 Å². The van der Waals surface area contributed by atoms with Crippen molar-refractivity contribution in [1.29, 1.82) is 5.26 Å². The molecule has 0 saturated carbocycles. The Morgan fingerprint density at radius 3 is 3.00 bits per heavy atom. The van der Waals surface area contributed by atoms with Gasteiger partial charge < -0.3 is 10.1 Å². The van der Waals surface area contributed by atoms with Crippen molar-refractivity contribution in [3.8, 4) is 6.07 Å². The molecule has 1 unspecified atom stereocenters. The minimum Gasteiger partial charge on any atom is -0.358 e. The first-order valence-electron chi connectivity index (χ1n) is 2.50. The van der Waals surface area contributed by atoms with Gasteiger partial charge in [-0.25, -0.2) is 0 Å². The number of hydrogen-bond donors (Lipinski definition) is 0. The summed E-state index contributed by atoms with van der Waals surface area (Å²) in [5, 5.41) is 21.2. The summed E-state index contributed by atoms with van der Waals surface area (Å²) < 4.78 is 0. The molecular formula is C4H3N3O3. The van der Waals surface area contributed by atoms with Gasteiger partial charge in [0.1, 0.15) is 12.5 Å². The first-order chi connectivity index (χ1) is 4.74. The van der Waals surface area contributed by atoms with Crippen molar-refractivity contribution in [3.05, 3.63) is 10.1 Å². The van der Waals surface area contributed by atoms with Crippen molar-refractivity contribution in [1.82, 2.24) is 0 Å². The summed E-state index contributed by atoms with van der Waals surface area (Å²) in [6, 6.07) is 1.71. The molecule has 1 aliphatic rings. The summed E-state index contributed by atoms with van der Waals surface area (Å²) in [6.07, 6.45) is -0.802. The van der Waals surface area contributed by atoms with E-state index in [-0.39, 0.29) is 12.3 Å². The van der Waals surface area contributed by atoms with Crippen molar-refractivity contribution in [2.45, 2.75) is 12.5 Å². The Balaban J connectivity index is 2.57. The van der Waals surface area contributed by atoms with Gasteiger partial charge in [-0.15, -0.1) is 0 Å². The maximum absolute atomic E-state index is 9.95. The zero-order valence-electron chi connectivity index (χ0n) is 4.85. The molecule has 0 amide bonds. The molecule has 0 bridgehead atoms. The van der Waals surface area contributed by atoms with Crippen molar-refractivity contribution < 1.29 is 9.76 Å². The van der Waals surface area contributed by atoms with E-state index >= 15 is 0 Å². The molecule has 0 aromatic carbocycles. The van der Waals surface area contributed by atoms with Crippen molar-refractivity contribution in [3.63, 3.8) is 0 Å². The molecular weight excluding hydrogens is 138 g/mol. The fourth-order valence-electron chi connectivity index (χ4n) is 0.542. The number of amidine groups is 1. The highest BCUT2D eigenvalue weighted by Gasteiger charge is 2.30. The maximum Gasteiger partial charge on any atom is 0.390 e. The lowest BCUT2D eigenvalue weighted by molar-refractivity contribution is -0.352. The minimum absolute atomic E-state index is 0.0243. The molecule has 6 nitrogen and oxygen atoms in total. The molecule has 0 radical (unpaired) electrons. The van der Waals surface area contributed by atoms with Crippen LogP contribution >= 0.6 is 0 Å². The van der Waals surface area contributed by atoms with Crippen LogP contribution in [-0.4, -0.2) is 16.9 Å². The third-order valence-electron chi connectivity index (χ3n) is 1.01. The topological polar surface area (TPSA) is 88.5 Å². The summed E-state index contributed by atoms with van der Waals surface area (Å²) in [7, 11) is 0. The molecule has 0 fully saturated rings. The Kier molecular flexibility index (Phi) is 1.49. The molecule has 0 aromatic rings. The Morgan fingerprint density at radius 2 is 2.70 bits per heavy atom. The van der Waals surface area contributed by atoms with Crippen molar-refractivity contribution in [2.75, 3.05) is 0 Å². The van der Waals surface area contributed by atoms with E-state index in [1.807, 2.05) is 0 Å². The molecule has 52 valence electrons. The third-order valence-corrected chi connectivity index (χ3v) is 1.01. The highest BCUT2D eigenvalue weighted by atomic mass is 16.7. The number of rotatable bonds is 0. The van der Waals surface area contributed by atoms with E-state index in [1.165, 1.54) is 0 Å². The Morgan fingerprint density at radius 1 is 2.00 bits per heavy atom. The Hall–Kier alpha value is -1.64. The monoisotopic (exact) mass is 141 g/mol. The Bertz CT molecular complexity index is 228. The number of nitro groups is 1. The molecule has 0 N–H and O–H groups in total. The van der Waals surface area contributed by atoms with Gasteiger partial charge in [0, 0.05) is 0 Å². The predicted molar refractivity (Wildman–Crippen MR) is 29.5 cm³/mol. The number of nitrogens with zero attached hydrogens (tertiary/aromatic N) is 3. The van der Waals surface area contributed by atoms with E-state index in [0.717, 1.165) is 0 Å². The predicted octanol–water partition coefficient (Wildman–Crippen LogP) is -0.111. The molecule has 1 heterocycles. The van der Waals surface area contributed by atoms with E-state index in [4.69, 9.17) is 5.26 Å². The van der Waals surface area contributed by atoms with Gasteiger partial charge in [0.25, 0.3) is 0 Å². The largest absolute Gasteiger partial charge is 0.390 e. The van der Waals surface area contributed by atoms with Gasteiger partial charge in [0.05, 0.1) is 0 Å². The van der Waals surface area contributed by atoms with Crippen LogP contribution in [0.2, 0.25) is 0 Å². The average Bonchev–Trinajstić information content (AvgIpc) is 2.34. The molecule has 0 aromatic heterocycles. The van der Waals surface area contributed by atoms with E-state index in [9.17, 15) is 10.1 Å². The Labute approximate surface area is 55.8 Å². The third kappa shape index (κ3) is 1.02. The lowest BCUT2D eigenvalue weighted by Crippen LogP contribution is -2.11. The van der Waals surface area contributed by atoms with Crippen LogP contribution in [0.4, 0.5) is 0 Å². The summed E-state index contributed by atoms with van der Waals surface area (Å²) in [6.45, 7) is 0. The molecule has 6 heteroatoms. The SMILES string of the molecule is N#CC1CC([N+](=O)[O-])=NO1. The second-order valence-electron chi connectivity index (χ2n) is 1.69. The smallest absolute Gasteiger partial charge is 0.358 e. The fourth-order valence-corrected chi connectivity index (χ4v) is 0.542. The van der Waals surface area contributed by atoms with Crippen LogP contribution in [0.3, 0.4) is 0 Å². The zero-order chi connectivity index (χ0) is 7.56. The standard InChI is InChI=1S/C4H3N3O3/c5-2-3-1-4(6-10-3)7(8)9/h3H,1H2. The average molecular weight is 141 g/mol. The molecule has 1 atom stereocenters. The van der Waals surface area contributed by atoms with Crippen LogP contribution in [0, 0.1) is 21.4 Å². The van der Waals surface area contributed by atoms with E-state index < -0.39 is 11.0 Å². The number of hydrogen-bond acceptors (Lipinski definition) is 5. The number of nitriles is 1. The van der Waals surface area contributed by atoms with Crippen molar-refractivity contribution in [2.24, 2.45) is 5.16 Å². The fraction of sp³-hybridized carbons (Fsp3) is 0.500. The van der Waals surface area contributed by atoms with Gasteiger partial charge in [-0.3, -0.25) is 4.84 Å². The molecule has 10 heavy (non-hydrogen) atoms. The van der Waals surface area contributed by atoms with Crippen LogP contribution in [-0.2, 0) is 4.84 Å². The van der Waals surface area contributed by atoms with Crippen LogP contribution in [0.15, 0.2) is 5.16 Å². The summed E-state index contributed by atoms with van der Waals surface area (Å²) in [5.41, 5.74) is 0. The van der Waals surface area contributed by atoms with E-state index in [0.29, 0.717) is 0 Å². The molecule has 0 saturated heterocycles. The zero-order valence-corrected chi connectivity index (χ0v) is 4.85. The second-order valence-corrected chi connectivity index (χ2v) is 1.69. The molecule has 1 aliphatic heterocycles. The lowest BCUT2D eigenvalue weighted by atomic mass is 10.3. The summed E-state index contributed by atoms with van der Waals surface area (Å²) in [5.74, 6) is -0.286. The summed E-state index contributed by atoms with van der Waals surface area (Å²) in [4.78, 5) is 13.7. The van der Waals surface area contributed by atoms with E-state index in [1.54, 1.807) is 6.07 Å². The van der Waals surface area contributed by atoms with Crippen LogP contribution in [0.25, 0.3) is 0 Å². The maximum atomic E-state index is 9.95. The van der Waals surface area contributed by atoms with Gasteiger partial charge in [0.15, 0.2) is 5.16 Å². The van der Waals surface area contributed by atoms with E-state index in [2.05, 4.69) is 9.99 Å². The molecule has 0 spiro atoms. The van der Waals surface area contributed by atoms with Crippen LogP contribution in [0.5, 0.6) is 0 Å². The lowest BCUT2D eigenvalue weighted by Gasteiger charge is -1.87. The normalized spacial score (nSPS) is 22.7. The first-order valence-corrected chi connectivity index (χ1v) is 2.50.